The van der Waals surface area contributed by atoms with E-state index in [1.807, 2.05) is 30.1 Å². The Hall–Kier alpha value is -1.66. The largest absolute Gasteiger partial charge is 0.337 e. The van der Waals surface area contributed by atoms with Gasteiger partial charge in [-0.2, -0.15) is 0 Å². The molecule has 0 spiro atoms. The third-order valence-corrected chi connectivity index (χ3v) is 4.73. The Kier molecular flexibility index (Phi) is 4.13. The number of hydrazine groups is 1. The Bertz CT molecular complexity index is 554. The molecule has 106 valence electrons. The van der Waals surface area contributed by atoms with E-state index in [0.717, 1.165) is 25.8 Å². The summed E-state index contributed by atoms with van der Waals surface area (Å²) in [6, 6.07) is 4.64. The van der Waals surface area contributed by atoms with E-state index in [1.54, 1.807) is 0 Å². The van der Waals surface area contributed by atoms with Crippen LogP contribution in [0.2, 0.25) is 0 Å². The van der Waals surface area contributed by atoms with Gasteiger partial charge in [-0.25, -0.2) is 10.4 Å². The second-order valence-electron chi connectivity index (χ2n) is 4.99. The molecule has 1 aliphatic rings. The topological polar surface area (TPSA) is 59.0 Å². The molecular weight excluding hydrogens is 272 g/mol. The molecule has 3 rings (SSSR count). The average Bonchev–Trinajstić information content (AvgIpc) is 3.11. The molecule has 6 heteroatoms. The Morgan fingerprint density at radius 3 is 3.15 bits per heavy atom. The molecule has 0 aromatic carbocycles. The van der Waals surface area contributed by atoms with Crippen LogP contribution in [0.15, 0.2) is 30.9 Å². The maximum atomic E-state index is 11.1. The lowest BCUT2D eigenvalue weighted by Crippen LogP contribution is -2.44. The molecule has 1 saturated heterocycles. The van der Waals surface area contributed by atoms with E-state index in [4.69, 9.17) is 0 Å². The number of aryl methyl sites for hydroxylation is 2. The minimum atomic E-state index is 0.0818. The molecule has 0 bridgehead atoms. The summed E-state index contributed by atoms with van der Waals surface area (Å²) >= 11 is 1.84. The van der Waals surface area contributed by atoms with Crippen LogP contribution in [0.1, 0.15) is 35.1 Å². The number of hydrogen-bond donors (Lipinski definition) is 2. The molecule has 1 atom stereocenters. The molecule has 2 aromatic heterocycles. The fourth-order valence-electron chi connectivity index (χ4n) is 2.36. The lowest BCUT2D eigenvalue weighted by molar-refractivity contribution is -0.124. The lowest BCUT2D eigenvalue weighted by Gasteiger charge is -2.22. The number of nitrogens with zero attached hydrogens (tertiary/aromatic N) is 2. The van der Waals surface area contributed by atoms with Gasteiger partial charge in [0.2, 0.25) is 5.91 Å². The van der Waals surface area contributed by atoms with Gasteiger partial charge in [0.15, 0.2) is 0 Å². The zero-order chi connectivity index (χ0) is 13.8. The highest BCUT2D eigenvalue weighted by Gasteiger charge is 2.20. The molecule has 3 heterocycles. The Morgan fingerprint density at radius 1 is 1.45 bits per heavy atom. The highest BCUT2D eigenvalue weighted by atomic mass is 32.1. The van der Waals surface area contributed by atoms with Gasteiger partial charge in [0.05, 0.1) is 12.4 Å². The predicted molar refractivity (Wildman–Crippen MR) is 78.1 cm³/mol. The maximum absolute atomic E-state index is 11.1. The maximum Gasteiger partial charge on any atom is 0.234 e. The van der Waals surface area contributed by atoms with E-state index >= 15 is 0 Å². The van der Waals surface area contributed by atoms with E-state index in [-0.39, 0.29) is 11.9 Å². The van der Waals surface area contributed by atoms with Crippen molar-refractivity contribution in [3.63, 3.8) is 0 Å². The summed E-state index contributed by atoms with van der Waals surface area (Å²) in [7, 11) is 0. The van der Waals surface area contributed by atoms with Gasteiger partial charge in [-0.1, -0.05) is 0 Å². The zero-order valence-electron chi connectivity index (χ0n) is 11.2. The summed E-state index contributed by atoms with van der Waals surface area (Å²) < 4.78 is 2.10. The minimum absolute atomic E-state index is 0.0818. The van der Waals surface area contributed by atoms with Crippen LogP contribution < -0.4 is 10.9 Å². The summed E-state index contributed by atoms with van der Waals surface area (Å²) in [4.78, 5) is 17.9. The van der Waals surface area contributed by atoms with Crippen molar-refractivity contribution in [2.24, 2.45) is 0 Å². The molecule has 2 N–H and O–H groups in total. The van der Waals surface area contributed by atoms with Crippen LogP contribution in [0.5, 0.6) is 0 Å². The standard InChI is InChI=1S/C14H18N4OS/c19-14-6-4-12(16-17-14)13-5-3-11(20-13)2-1-8-18-9-7-15-10-18/h3,5,7,9-10,12,16H,1-2,4,6,8H2,(H,17,19). The van der Waals surface area contributed by atoms with Gasteiger partial charge in [0.25, 0.3) is 0 Å². The molecule has 5 nitrogen and oxygen atoms in total. The summed E-state index contributed by atoms with van der Waals surface area (Å²) in [5.41, 5.74) is 5.78. The summed E-state index contributed by atoms with van der Waals surface area (Å²) in [6.07, 6.45) is 9.34. The van der Waals surface area contributed by atoms with Crippen molar-refractivity contribution >= 4 is 17.2 Å². The van der Waals surface area contributed by atoms with Crippen LogP contribution in [-0.2, 0) is 17.8 Å². The average molecular weight is 290 g/mol. The number of thiophene rings is 1. The van der Waals surface area contributed by atoms with Crippen molar-refractivity contribution in [2.45, 2.75) is 38.3 Å². The number of carbonyl (C=O) groups is 1. The Labute approximate surface area is 122 Å². The molecule has 0 aliphatic carbocycles. The second kappa shape index (κ2) is 6.19. The number of nitrogens with one attached hydrogen (secondary N) is 2. The Morgan fingerprint density at radius 2 is 2.40 bits per heavy atom. The zero-order valence-corrected chi connectivity index (χ0v) is 12.0. The van der Waals surface area contributed by atoms with Gasteiger partial charge in [0, 0.05) is 35.1 Å². The summed E-state index contributed by atoms with van der Waals surface area (Å²) in [6.45, 7) is 1.00. The number of imidazole rings is 1. The van der Waals surface area contributed by atoms with Crippen LogP contribution in [0.25, 0.3) is 0 Å². The summed E-state index contributed by atoms with van der Waals surface area (Å²) in [5, 5.41) is 0. The SMILES string of the molecule is O=C1CCC(c2ccc(CCCn3ccnc3)s2)NN1. The van der Waals surface area contributed by atoms with Crippen LogP contribution in [0, 0.1) is 0 Å². The number of aromatic nitrogens is 2. The van der Waals surface area contributed by atoms with E-state index in [2.05, 4.69) is 32.5 Å². The van der Waals surface area contributed by atoms with Crippen LogP contribution in [0.3, 0.4) is 0 Å². The molecule has 2 aromatic rings. The lowest BCUT2D eigenvalue weighted by atomic mass is 10.1. The fourth-order valence-corrected chi connectivity index (χ4v) is 3.50. The number of hydrogen-bond acceptors (Lipinski definition) is 4. The van der Waals surface area contributed by atoms with Gasteiger partial charge in [-0.3, -0.25) is 10.2 Å². The first-order valence-corrected chi connectivity index (χ1v) is 7.71. The molecule has 1 unspecified atom stereocenters. The van der Waals surface area contributed by atoms with Gasteiger partial charge < -0.3 is 4.57 Å². The number of amides is 1. The van der Waals surface area contributed by atoms with Gasteiger partial charge >= 0.3 is 0 Å². The molecular formula is C14H18N4OS. The normalized spacial score (nSPS) is 19.0. The van der Waals surface area contributed by atoms with Gasteiger partial charge in [-0.05, 0) is 31.4 Å². The molecule has 1 fully saturated rings. The third kappa shape index (κ3) is 3.26. The van der Waals surface area contributed by atoms with Gasteiger partial charge in [0.1, 0.15) is 0 Å². The van der Waals surface area contributed by atoms with E-state index < -0.39 is 0 Å². The monoisotopic (exact) mass is 290 g/mol. The van der Waals surface area contributed by atoms with Crippen LogP contribution in [0.4, 0.5) is 0 Å². The van der Waals surface area contributed by atoms with Crippen LogP contribution in [-0.4, -0.2) is 15.5 Å². The summed E-state index contributed by atoms with van der Waals surface area (Å²) in [5.74, 6) is 0.0818. The van der Waals surface area contributed by atoms with E-state index in [9.17, 15) is 4.79 Å². The van der Waals surface area contributed by atoms with Crippen molar-refractivity contribution < 1.29 is 4.79 Å². The highest BCUT2D eigenvalue weighted by molar-refractivity contribution is 7.12. The fraction of sp³-hybridized carbons (Fsp3) is 0.429. The second-order valence-corrected chi connectivity index (χ2v) is 6.19. The number of rotatable bonds is 5. The minimum Gasteiger partial charge on any atom is -0.337 e. The van der Waals surface area contributed by atoms with E-state index in [1.165, 1.54) is 9.75 Å². The predicted octanol–water partition coefficient (Wildman–Crippen LogP) is 2.03. The van der Waals surface area contributed by atoms with Crippen molar-refractivity contribution in [1.29, 1.82) is 0 Å². The molecule has 20 heavy (non-hydrogen) atoms. The van der Waals surface area contributed by atoms with Crippen molar-refractivity contribution in [2.75, 3.05) is 0 Å². The first-order chi connectivity index (χ1) is 9.81. The van der Waals surface area contributed by atoms with Gasteiger partial charge in [-0.15, -0.1) is 11.3 Å². The van der Waals surface area contributed by atoms with Crippen molar-refractivity contribution in [3.05, 3.63) is 40.6 Å². The number of carbonyl (C=O) groups excluding carboxylic acids is 1. The smallest absolute Gasteiger partial charge is 0.234 e. The van der Waals surface area contributed by atoms with Crippen molar-refractivity contribution in [1.82, 2.24) is 20.4 Å². The molecule has 0 saturated carbocycles. The Balaban J connectivity index is 1.50. The molecule has 1 amide bonds. The van der Waals surface area contributed by atoms with E-state index in [0.29, 0.717) is 6.42 Å². The third-order valence-electron chi connectivity index (χ3n) is 3.47. The van der Waals surface area contributed by atoms with Crippen molar-refractivity contribution in [3.8, 4) is 0 Å². The molecule has 0 radical (unpaired) electrons. The van der Waals surface area contributed by atoms with Crippen LogP contribution >= 0.6 is 11.3 Å². The first kappa shape index (κ1) is 13.3. The first-order valence-electron chi connectivity index (χ1n) is 6.90. The molecule has 1 aliphatic heterocycles. The quantitative estimate of drug-likeness (QED) is 0.886. The highest BCUT2D eigenvalue weighted by Crippen LogP contribution is 2.28.